The lowest BCUT2D eigenvalue weighted by atomic mass is 10.3. The maximum atomic E-state index is 11.1. The molecule has 0 fully saturated rings. The predicted molar refractivity (Wildman–Crippen MR) is 44.0 cm³/mol. The van der Waals surface area contributed by atoms with Crippen molar-refractivity contribution in [3.8, 4) is 5.75 Å². The second kappa shape index (κ2) is 3.19. The van der Waals surface area contributed by atoms with Gasteiger partial charge >= 0.3 is 0 Å². The zero-order valence-electron chi connectivity index (χ0n) is 6.63. The van der Waals surface area contributed by atoms with Crippen molar-refractivity contribution in [1.82, 2.24) is 0 Å². The van der Waals surface area contributed by atoms with Crippen molar-refractivity contribution in [3.63, 3.8) is 0 Å². The number of hydrogen-bond donors (Lipinski definition) is 0. The molecule has 1 rings (SSSR count). The summed E-state index contributed by atoms with van der Waals surface area (Å²) in [4.78, 5) is 11.1. The summed E-state index contributed by atoms with van der Waals surface area (Å²) < 4.78 is 4.87. The molecule has 1 aromatic carbocycles. The molecule has 0 aliphatic carbocycles. The van der Waals surface area contributed by atoms with E-state index in [-0.39, 0.29) is 5.43 Å². The largest absolute Gasteiger partial charge is 0.493 e. The van der Waals surface area contributed by atoms with Crippen molar-refractivity contribution in [1.29, 1.82) is 0 Å². The molecule has 0 saturated carbocycles. The maximum absolute atomic E-state index is 11.1. The van der Waals surface area contributed by atoms with Gasteiger partial charge in [-0.05, 0) is 24.6 Å². The molecule has 0 saturated heterocycles. The van der Waals surface area contributed by atoms with Crippen LogP contribution in [0.4, 0.5) is 0 Å². The van der Waals surface area contributed by atoms with Crippen molar-refractivity contribution >= 4 is 0 Å². The molecule has 0 spiro atoms. The number of ether oxygens (including phenoxy) is 1. The summed E-state index contributed by atoms with van der Waals surface area (Å²) in [5.74, 6) is 0.396. The van der Waals surface area contributed by atoms with Gasteiger partial charge in [-0.1, -0.05) is 12.1 Å². The van der Waals surface area contributed by atoms with Gasteiger partial charge in [-0.15, -0.1) is 0 Å². The van der Waals surface area contributed by atoms with Crippen LogP contribution in [-0.4, -0.2) is 7.11 Å². The summed E-state index contributed by atoms with van der Waals surface area (Å²) in [6, 6.07) is 6.80. The second-order valence-corrected chi connectivity index (χ2v) is 2.35. The molecular weight excluding hydrogens is 140 g/mol. The van der Waals surface area contributed by atoms with Crippen LogP contribution in [0.15, 0.2) is 29.1 Å². The molecule has 0 aliphatic rings. The highest BCUT2D eigenvalue weighted by atomic mass is 16.5. The molecule has 11 heavy (non-hydrogen) atoms. The zero-order valence-corrected chi connectivity index (χ0v) is 6.63. The van der Waals surface area contributed by atoms with Crippen molar-refractivity contribution in [2.45, 2.75) is 6.92 Å². The smallest absolute Gasteiger partial charge is 0.220 e. The Kier molecular flexibility index (Phi) is 2.26. The summed E-state index contributed by atoms with van der Waals surface area (Å²) in [5, 5.41) is 0. The first-order chi connectivity index (χ1) is 5.24. The molecular formula is C9H10O2. The number of rotatable bonds is 1. The van der Waals surface area contributed by atoms with Crippen molar-refractivity contribution < 1.29 is 4.74 Å². The lowest BCUT2D eigenvalue weighted by molar-refractivity contribution is 0.411. The van der Waals surface area contributed by atoms with Crippen molar-refractivity contribution in [3.05, 3.63) is 40.1 Å². The van der Waals surface area contributed by atoms with Gasteiger partial charge in [0.25, 0.3) is 0 Å². The van der Waals surface area contributed by atoms with E-state index >= 15 is 0 Å². The topological polar surface area (TPSA) is 26.3 Å². The molecule has 0 radical (unpaired) electrons. The number of hydrogen-bond acceptors (Lipinski definition) is 2. The van der Waals surface area contributed by atoms with E-state index in [1.54, 1.807) is 12.1 Å². The third-order valence-electron chi connectivity index (χ3n) is 1.43. The van der Waals surface area contributed by atoms with Crippen LogP contribution in [0.5, 0.6) is 5.75 Å². The Morgan fingerprint density at radius 1 is 1.36 bits per heavy atom. The summed E-state index contributed by atoms with van der Waals surface area (Å²) >= 11 is 0. The van der Waals surface area contributed by atoms with E-state index in [1.165, 1.54) is 13.2 Å². The second-order valence-electron chi connectivity index (χ2n) is 2.35. The Labute approximate surface area is 65.4 Å². The SMILES string of the molecule is COc1cc(C)cccc1=O. The predicted octanol–water partition coefficient (Wildman–Crippen LogP) is 1.36. The zero-order chi connectivity index (χ0) is 8.27. The van der Waals surface area contributed by atoms with Gasteiger partial charge in [0.15, 0.2) is 5.75 Å². The summed E-state index contributed by atoms with van der Waals surface area (Å²) in [6.45, 7) is 1.92. The van der Waals surface area contributed by atoms with Gasteiger partial charge in [0, 0.05) is 0 Å². The van der Waals surface area contributed by atoms with Crippen LogP contribution in [-0.2, 0) is 0 Å². The number of methoxy groups -OCH3 is 1. The molecule has 0 bridgehead atoms. The molecule has 0 N–H and O–H groups in total. The average Bonchev–Trinajstić information content (AvgIpc) is 2.13. The highest BCUT2D eigenvalue weighted by Gasteiger charge is 1.93. The normalized spacial score (nSPS) is 9.27. The Bertz CT molecular complexity index is 305. The van der Waals surface area contributed by atoms with E-state index in [0.29, 0.717) is 5.75 Å². The van der Waals surface area contributed by atoms with Gasteiger partial charge in [0.05, 0.1) is 7.11 Å². The van der Waals surface area contributed by atoms with Crippen LogP contribution in [0.25, 0.3) is 0 Å². The monoisotopic (exact) mass is 150 g/mol. The van der Waals surface area contributed by atoms with E-state index in [1.807, 2.05) is 13.0 Å². The standard InChI is InChI=1S/C9H10O2/c1-7-4-3-5-8(10)9(6-7)11-2/h3-6H,1-2H3. The van der Waals surface area contributed by atoms with Gasteiger partial charge in [-0.3, -0.25) is 4.79 Å². The van der Waals surface area contributed by atoms with Crippen LogP contribution < -0.4 is 10.2 Å². The van der Waals surface area contributed by atoms with Gasteiger partial charge in [-0.25, -0.2) is 0 Å². The van der Waals surface area contributed by atoms with Crippen LogP contribution in [0, 0.1) is 6.92 Å². The Balaban J connectivity index is 3.37. The van der Waals surface area contributed by atoms with E-state index in [9.17, 15) is 4.79 Å². The van der Waals surface area contributed by atoms with Gasteiger partial charge in [0.1, 0.15) is 0 Å². The molecule has 2 nitrogen and oxygen atoms in total. The summed E-state index contributed by atoms with van der Waals surface area (Å²) in [6.07, 6.45) is 0. The Hall–Kier alpha value is -1.31. The molecule has 0 atom stereocenters. The van der Waals surface area contributed by atoms with Gasteiger partial charge < -0.3 is 4.74 Å². The minimum Gasteiger partial charge on any atom is -0.493 e. The van der Waals surface area contributed by atoms with Crippen LogP contribution in [0.1, 0.15) is 5.56 Å². The Morgan fingerprint density at radius 2 is 2.09 bits per heavy atom. The van der Waals surface area contributed by atoms with Crippen LogP contribution in [0.2, 0.25) is 0 Å². The van der Waals surface area contributed by atoms with E-state index in [4.69, 9.17) is 4.74 Å². The minimum atomic E-state index is -0.0828. The molecule has 0 unspecified atom stereocenters. The maximum Gasteiger partial charge on any atom is 0.220 e. The lowest BCUT2D eigenvalue weighted by Crippen LogP contribution is -1.99. The van der Waals surface area contributed by atoms with Crippen LogP contribution in [0.3, 0.4) is 0 Å². The molecule has 0 aliphatic heterocycles. The lowest BCUT2D eigenvalue weighted by Gasteiger charge is -1.91. The van der Waals surface area contributed by atoms with E-state index in [2.05, 4.69) is 0 Å². The fourth-order valence-corrected chi connectivity index (χ4v) is 0.855. The van der Waals surface area contributed by atoms with Crippen LogP contribution >= 0.6 is 0 Å². The number of aryl methyl sites for hydroxylation is 1. The van der Waals surface area contributed by atoms with E-state index < -0.39 is 0 Å². The van der Waals surface area contributed by atoms with Crippen molar-refractivity contribution in [2.75, 3.05) is 7.11 Å². The first kappa shape index (κ1) is 7.79. The molecule has 2 heteroatoms. The molecule has 0 amide bonds. The van der Waals surface area contributed by atoms with Gasteiger partial charge in [0.2, 0.25) is 5.43 Å². The Morgan fingerprint density at radius 3 is 2.73 bits per heavy atom. The molecule has 0 aromatic heterocycles. The fourth-order valence-electron chi connectivity index (χ4n) is 0.855. The van der Waals surface area contributed by atoms with Crippen molar-refractivity contribution in [2.24, 2.45) is 0 Å². The first-order valence-electron chi connectivity index (χ1n) is 3.39. The van der Waals surface area contributed by atoms with Gasteiger partial charge in [-0.2, -0.15) is 0 Å². The molecule has 58 valence electrons. The third-order valence-corrected chi connectivity index (χ3v) is 1.43. The quantitative estimate of drug-likeness (QED) is 0.604. The average molecular weight is 150 g/mol. The summed E-state index contributed by atoms with van der Waals surface area (Å²) in [7, 11) is 1.50. The molecule has 1 aromatic rings. The minimum absolute atomic E-state index is 0.0828. The summed E-state index contributed by atoms with van der Waals surface area (Å²) in [5.41, 5.74) is 0.935. The molecule has 0 heterocycles. The van der Waals surface area contributed by atoms with E-state index in [0.717, 1.165) is 5.56 Å². The fraction of sp³-hybridized carbons (Fsp3) is 0.222. The third kappa shape index (κ3) is 1.80. The highest BCUT2D eigenvalue weighted by molar-refractivity contribution is 5.25. The first-order valence-corrected chi connectivity index (χ1v) is 3.39. The highest BCUT2D eigenvalue weighted by Crippen LogP contribution is 2.03.